The summed E-state index contributed by atoms with van der Waals surface area (Å²) in [6, 6.07) is 15.5. The maximum atomic E-state index is 12.6. The molecular formula is C23H26N2O4. The zero-order chi connectivity index (χ0) is 21.1. The first-order chi connectivity index (χ1) is 14.0. The quantitative estimate of drug-likeness (QED) is 0.538. The van der Waals surface area contributed by atoms with E-state index in [-0.39, 0.29) is 11.8 Å². The Kier molecular flexibility index (Phi) is 8.63. The van der Waals surface area contributed by atoms with Crippen LogP contribution in [0.5, 0.6) is 0 Å². The molecule has 3 N–H and O–H groups in total. The normalized spacial score (nSPS) is 11.8. The minimum absolute atomic E-state index is 0.211. The lowest BCUT2D eigenvalue weighted by atomic mass is 10.1. The predicted molar refractivity (Wildman–Crippen MR) is 112 cm³/mol. The fourth-order valence-electron chi connectivity index (χ4n) is 2.74. The second-order valence-electron chi connectivity index (χ2n) is 6.67. The highest BCUT2D eigenvalue weighted by molar-refractivity contribution is 5.97. The van der Waals surface area contributed by atoms with E-state index in [0.29, 0.717) is 24.1 Å². The summed E-state index contributed by atoms with van der Waals surface area (Å²) in [4.78, 5) is 35.7. The largest absolute Gasteiger partial charge is 0.478 e. The molecule has 29 heavy (non-hydrogen) atoms. The Morgan fingerprint density at radius 2 is 1.72 bits per heavy atom. The number of rotatable bonds is 10. The van der Waals surface area contributed by atoms with E-state index in [1.807, 2.05) is 37.3 Å². The lowest BCUT2D eigenvalue weighted by molar-refractivity contribution is -0.131. The van der Waals surface area contributed by atoms with Crippen molar-refractivity contribution in [1.29, 1.82) is 0 Å². The summed E-state index contributed by atoms with van der Waals surface area (Å²) in [7, 11) is 0. The van der Waals surface area contributed by atoms with E-state index >= 15 is 0 Å². The Bertz CT molecular complexity index is 845. The molecule has 0 saturated heterocycles. The number of carboxylic acid groups (broad SMARTS) is 1. The van der Waals surface area contributed by atoms with Crippen molar-refractivity contribution in [3.05, 3.63) is 77.4 Å². The number of carbonyl (C=O) groups excluding carboxylic acids is 2. The van der Waals surface area contributed by atoms with Crippen molar-refractivity contribution >= 4 is 23.9 Å². The number of amides is 2. The van der Waals surface area contributed by atoms with Gasteiger partial charge in [-0.15, -0.1) is 0 Å². The molecule has 1 unspecified atom stereocenters. The Labute approximate surface area is 170 Å². The highest BCUT2D eigenvalue weighted by atomic mass is 16.4. The Balaban J connectivity index is 1.99. The van der Waals surface area contributed by atoms with Gasteiger partial charge in [-0.25, -0.2) is 4.79 Å². The van der Waals surface area contributed by atoms with Gasteiger partial charge in [0, 0.05) is 18.2 Å². The van der Waals surface area contributed by atoms with Crippen molar-refractivity contribution < 1.29 is 19.5 Å². The Morgan fingerprint density at radius 1 is 1.03 bits per heavy atom. The summed E-state index contributed by atoms with van der Waals surface area (Å²) in [5.41, 5.74) is 2.08. The molecule has 0 saturated carbocycles. The number of carboxylic acids is 1. The predicted octanol–water partition coefficient (Wildman–Crippen LogP) is 3.39. The van der Waals surface area contributed by atoms with Crippen LogP contribution in [0.15, 0.2) is 60.7 Å². The van der Waals surface area contributed by atoms with Crippen LogP contribution in [-0.4, -0.2) is 28.9 Å². The summed E-state index contributed by atoms with van der Waals surface area (Å²) in [5.74, 6) is -1.58. The van der Waals surface area contributed by atoms with Crippen LogP contribution in [0.2, 0.25) is 0 Å². The summed E-state index contributed by atoms with van der Waals surface area (Å²) in [6.07, 6.45) is 4.78. The first-order valence-electron chi connectivity index (χ1n) is 9.63. The van der Waals surface area contributed by atoms with Gasteiger partial charge in [0.2, 0.25) is 5.91 Å². The van der Waals surface area contributed by atoms with Gasteiger partial charge in [0.25, 0.3) is 5.91 Å². The molecule has 0 bridgehead atoms. The second-order valence-corrected chi connectivity index (χ2v) is 6.67. The maximum Gasteiger partial charge on any atom is 0.328 e. The highest BCUT2D eigenvalue weighted by Crippen LogP contribution is 2.09. The number of unbranched alkanes of at least 4 members (excludes halogenated alkanes) is 1. The van der Waals surface area contributed by atoms with E-state index < -0.39 is 12.0 Å². The number of benzene rings is 2. The first-order valence-corrected chi connectivity index (χ1v) is 9.63. The monoisotopic (exact) mass is 394 g/mol. The van der Waals surface area contributed by atoms with E-state index in [4.69, 9.17) is 5.11 Å². The fraction of sp³-hybridized carbons (Fsp3) is 0.261. The smallest absolute Gasteiger partial charge is 0.328 e. The zero-order valence-corrected chi connectivity index (χ0v) is 16.4. The van der Waals surface area contributed by atoms with Crippen molar-refractivity contribution in [2.45, 2.75) is 38.8 Å². The van der Waals surface area contributed by atoms with Crippen molar-refractivity contribution in [1.82, 2.24) is 10.6 Å². The van der Waals surface area contributed by atoms with Gasteiger partial charge in [0.1, 0.15) is 6.04 Å². The van der Waals surface area contributed by atoms with Gasteiger partial charge in [0.05, 0.1) is 0 Å². The lowest BCUT2D eigenvalue weighted by Gasteiger charge is -2.18. The van der Waals surface area contributed by atoms with Gasteiger partial charge in [-0.3, -0.25) is 9.59 Å². The van der Waals surface area contributed by atoms with Gasteiger partial charge in [0.15, 0.2) is 0 Å². The van der Waals surface area contributed by atoms with Crippen LogP contribution < -0.4 is 10.6 Å². The maximum absolute atomic E-state index is 12.6. The molecule has 0 spiro atoms. The lowest BCUT2D eigenvalue weighted by Crippen LogP contribution is -2.46. The molecule has 0 aliphatic carbocycles. The van der Waals surface area contributed by atoms with Gasteiger partial charge in [-0.05, 0) is 35.8 Å². The van der Waals surface area contributed by atoms with Crippen molar-refractivity contribution in [2.75, 3.05) is 0 Å². The van der Waals surface area contributed by atoms with Crippen LogP contribution in [0.3, 0.4) is 0 Å². The molecule has 0 aliphatic rings. The topological polar surface area (TPSA) is 95.5 Å². The average Bonchev–Trinajstić information content (AvgIpc) is 2.74. The van der Waals surface area contributed by atoms with Crippen molar-refractivity contribution in [3.63, 3.8) is 0 Å². The second kappa shape index (κ2) is 11.4. The zero-order valence-electron chi connectivity index (χ0n) is 16.4. The van der Waals surface area contributed by atoms with Gasteiger partial charge >= 0.3 is 5.97 Å². The van der Waals surface area contributed by atoms with Crippen LogP contribution in [0, 0.1) is 0 Å². The van der Waals surface area contributed by atoms with Crippen molar-refractivity contribution in [2.24, 2.45) is 0 Å². The number of hydrogen-bond donors (Lipinski definition) is 3. The SMILES string of the molecule is CCCCC(NC(=O)c1ccc(/C=C/C(=O)O)cc1)C(=O)NCc1ccccc1. The van der Waals surface area contributed by atoms with E-state index in [1.54, 1.807) is 24.3 Å². The minimum Gasteiger partial charge on any atom is -0.478 e. The van der Waals surface area contributed by atoms with Crippen LogP contribution in [0.25, 0.3) is 6.08 Å². The van der Waals surface area contributed by atoms with E-state index in [1.165, 1.54) is 6.08 Å². The number of aliphatic carboxylic acids is 1. The third-order valence-corrected chi connectivity index (χ3v) is 4.37. The first kappa shape index (κ1) is 21.9. The van der Waals surface area contributed by atoms with E-state index in [2.05, 4.69) is 10.6 Å². The standard InChI is InChI=1S/C23H26N2O4/c1-2-3-9-20(23(29)24-16-18-7-5-4-6-8-18)25-22(28)19-13-10-17(11-14-19)12-15-21(26)27/h4-8,10-15,20H,2-3,9,16H2,1H3,(H,24,29)(H,25,28)(H,26,27)/b15-12+. The molecule has 6 heteroatoms. The third-order valence-electron chi connectivity index (χ3n) is 4.37. The van der Waals surface area contributed by atoms with Gasteiger partial charge < -0.3 is 15.7 Å². The molecule has 152 valence electrons. The van der Waals surface area contributed by atoms with Crippen LogP contribution >= 0.6 is 0 Å². The minimum atomic E-state index is -1.04. The Hall–Kier alpha value is -3.41. The van der Waals surface area contributed by atoms with E-state index in [0.717, 1.165) is 24.5 Å². The summed E-state index contributed by atoms with van der Waals surface area (Å²) in [5, 5.41) is 14.4. The van der Waals surface area contributed by atoms with E-state index in [9.17, 15) is 14.4 Å². The third kappa shape index (κ3) is 7.62. The summed E-state index contributed by atoms with van der Waals surface area (Å²) in [6.45, 7) is 2.44. The van der Waals surface area contributed by atoms with Gasteiger partial charge in [-0.1, -0.05) is 62.2 Å². The molecule has 0 heterocycles. The van der Waals surface area contributed by atoms with Crippen LogP contribution in [0.4, 0.5) is 0 Å². The molecule has 0 aromatic heterocycles. The van der Waals surface area contributed by atoms with Crippen molar-refractivity contribution in [3.8, 4) is 0 Å². The summed E-state index contributed by atoms with van der Waals surface area (Å²) < 4.78 is 0. The molecule has 0 radical (unpaired) electrons. The fourth-order valence-corrected chi connectivity index (χ4v) is 2.74. The molecule has 1 atom stereocenters. The molecule has 2 amide bonds. The van der Waals surface area contributed by atoms with Crippen LogP contribution in [0.1, 0.15) is 47.7 Å². The number of carbonyl (C=O) groups is 3. The van der Waals surface area contributed by atoms with Crippen LogP contribution in [-0.2, 0) is 16.1 Å². The molecular weight excluding hydrogens is 368 g/mol. The molecule has 0 aliphatic heterocycles. The molecule has 2 rings (SSSR count). The molecule has 2 aromatic rings. The molecule has 2 aromatic carbocycles. The number of nitrogens with one attached hydrogen (secondary N) is 2. The Morgan fingerprint density at radius 3 is 2.34 bits per heavy atom. The molecule has 0 fully saturated rings. The average molecular weight is 394 g/mol. The van der Waals surface area contributed by atoms with Gasteiger partial charge in [-0.2, -0.15) is 0 Å². The highest BCUT2D eigenvalue weighted by Gasteiger charge is 2.20. The summed E-state index contributed by atoms with van der Waals surface area (Å²) >= 11 is 0. The number of hydrogen-bond acceptors (Lipinski definition) is 3. The molecule has 6 nitrogen and oxygen atoms in total.